The van der Waals surface area contributed by atoms with Crippen LogP contribution in [0.5, 0.6) is 11.5 Å². The molecule has 0 saturated carbocycles. The van der Waals surface area contributed by atoms with Crippen molar-refractivity contribution in [3.05, 3.63) is 42.1 Å². The molecular weight excluding hydrogens is 286 g/mol. The number of nitrogens with one attached hydrogen (secondary N) is 1. The van der Waals surface area contributed by atoms with Crippen LogP contribution in [0.1, 0.15) is 10.5 Å². The third-order valence-corrected chi connectivity index (χ3v) is 2.64. The van der Waals surface area contributed by atoms with Gasteiger partial charge in [-0.3, -0.25) is 0 Å². The average Bonchev–Trinajstić information content (AvgIpc) is 2.72. The number of alkyl halides is 2. The fourth-order valence-electron chi connectivity index (χ4n) is 1.80. The number of pyridine rings is 1. The Morgan fingerprint density at radius 2 is 1.95 bits per heavy atom. The molecule has 0 unspecified atom stereocenters. The van der Waals surface area contributed by atoms with Crippen LogP contribution >= 0.6 is 0 Å². The third-order valence-electron chi connectivity index (χ3n) is 2.64. The van der Waals surface area contributed by atoms with Gasteiger partial charge in [0.05, 0.1) is 0 Å². The quantitative estimate of drug-likeness (QED) is 0.906. The van der Waals surface area contributed by atoms with E-state index in [2.05, 4.69) is 19.8 Å². The first-order valence-electron chi connectivity index (χ1n) is 5.80. The Kier molecular flexibility index (Phi) is 2.86. The lowest BCUT2D eigenvalue weighted by Gasteiger charge is -2.06. The number of halogens is 2. The van der Waals surface area contributed by atoms with Gasteiger partial charge < -0.3 is 19.9 Å². The first-order valence-corrected chi connectivity index (χ1v) is 5.80. The van der Waals surface area contributed by atoms with Crippen molar-refractivity contribution in [2.45, 2.75) is 6.29 Å². The van der Waals surface area contributed by atoms with Crippen LogP contribution in [0.3, 0.4) is 0 Å². The number of aromatic nitrogens is 1. The van der Waals surface area contributed by atoms with E-state index in [-0.39, 0.29) is 23.0 Å². The number of anilines is 2. The Hall–Kier alpha value is -2.90. The van der Waals surface area contributed by atoms with E-state index in [0.717, 1.165) is 0 Å². The zero-order chi connectivity index (χ0) is 15.0. The molecule has 108 valence electrons. The highest BCUT2D eigenvalue weighted by Crippen LogP contribution is 2.42. The van der Waals surface area contributed by atoms with Crippen LogP contribution in [0, 0.1) is 0 Å². The molecule has 6 nitrogen and oxygen atoms in total. The van der Waals surface area contributed by atoms with Crippen LogP contribution in [0.25, 0.3) is 0 Å². The number of carbonyl (C=O) groups is 1. The summed E-state index contributed by atoms with van der Waals surface area (Å²) in [6.07, 6.45) is -3.68. The van der Waals surface area contributed by atoms with Crippen LogP contribution in [0.2, 0.25) is 0 Å². The van der Waals surface area contributed by atoms with Gasteiger partial charge >= 0.3 is 12.3 Å². The Morgan fingerprint density at radius 3 is 2.71 bits per heavy atom. The number of hydrogen-bond acceptors (Lipinski definition) is 5. The van der Waals surface area contributed by atoms with Gasteiger partial charge in [0, 0.05) is 11.8 Å². The lowest BCUT2D eigenvalue weighted by atomic mass is 10.2. The fourth-order valence-corrected chi connectivity index (χ4v) is 1.80. The summed E-state index contributed by atoms with van der Waals surface area (Å²) in [7, 11) is 0. The number of aromatic carboxylic acids is 1. The number of carboxylic acids is 1. The molecule has 0 radical (unpaired) electrons. The highest BCUT2D eigenvalue weighted by molar-refractivity contribution is 5.85. The molecule has 1 aromatic carbocycles. The zero-order valence-corrected chi connectivity index (χ0v) is 10.3. The highest BCUT2D eigenvalue weighted by Gasteiger charge is 2.43. The van der Waals surface area contributed by atoms with E-state index in [4.69, 9.17) is 5.11 Å². The van der Waals surface area contributed by atoms with E-state index in [1.165, 1.54) is 30.3 Å². The van der Waals surface area contributed by atoms with Gasteiger partial charge in [0.1, 0.15) is 5.82 Å². The fraction of sp³-hybridized carbons (Fsp3) is 0.0769. The largest absolute Gasteiger partial charge is 0.586 e. The molecule has 1 aromatic heterocycles. The molecule has 1 aliphatic rings. The second kappa shape index (κ2) is 4.58. The minimum absolute atomic E-state index is 0.0715. The number of rotatable bonds is 3. The predicted molar refractivity (Wildman–Crippen MR) is 67.1 cm³/mol. The molecule has 8 heteroatoms. The topological polar surface area (TPSA) is 80.7 Å². The highest BCUT2D eigenvalue weighted by atomic mass is 19.3. The molecule has 0 fully saturated rings. The first kappa shape index (κ1) is 13.1. The van der Waals surface area contributed by atoms with E-state index in [1.54, 1.807) is 6.07 Å². The van der Waals surface area contributed by atoms with Crippen molar-refractivity contribution >= 4 is 17.5 Å². The summed E-state index contributed by atoms with van der Waals surface area (Å²) in [6, 6.07) is 8.52. The van der Waals surface area contributed by atoms with E-state index in [0.29, 0.717) is 5.69 Å². The molecule has 0 saturated heterocycles. The van der Waals surface area contributed by atoms with Crippen molar-refractivity contribution in [1.82, 2.24) is 4.98 Å². The van der Waals surface area contributed by atoms with E-state index >= 15 is 0 Å². The van der Waals surface area contributed by atoms with Crippen molar-refractivity contribution < 1.29 is 28.2 Å². The Bertz CT molecular complexity index is 721. The number of fused-ring (bicyclic) bond motifs is 1. The Morgan fingerprint density at radius 1 is 1.19 bits per heavy atom. The van der Waals surface area contributed by atoms with Gasteiger partial charge in [0.2, 0.25) is 0 Å². The second-order valence-corrected chi connectivity index (χ2v) is 4.17. The van der Waals surface area contributed by atoms with Crippen LogP contribution in [-0.4, -0.2) is 22.4 Å². The van der Waals surface area contributed by atoms with Gasteiger partial charge in [-0.1, -0.05) is 6.07 Å². The lowest BCUT2D eigenvalue weighted by molar-refractivity contribution is -0.286. The molecule has 3 rings (SSSR count). The number of hydrogen-bond donors (Lipinski definition) is 2. The van der Waals surface area contributed by atoms with Crippen molar-refractivity contribution in [2.75, 3.05) is 5.32 Å². The molecule has 2 heterocycles. The second-order valence-electron chi connectivity index (χ2n) is 4.17. The molecule has 1 aliphatic heterocycles. The molecule has 0 spiro atoms. The van der Waals surface area contributed by atoms with Gasteiger partial charge in [0.25, 0.3) is 0 Å². The van der Waals surface area contributed by atoms with Crippen LogP contribution in [0.4, 0.5) is 20.3 Å². The first-order chi connectivity index (χ1) is 9.93. The summed E-state index contributed by atoms with van der Waals surface area (Å²) in [5, 5.41) is 11.7. The summed E-state index contributed by atoms with van der Waals surface area (Å²) in [6.45, 7) is 0. The van der Waals surface area contributed by atoms with Gasteiger partial charge in [-0.25, -0.2) is 9.78 Å². The normalized spacial score (nSPS) is 14.8. The number of nitrogens with zero attached hydrogens (tertiary/aromatic N) is 1. The van der Waals surface area contributed by atoms with Gasteiger partial charge in [-0.05, 0) is 24.3 Å². The molecular formula is C13H8F2N2O4. The summed E-state index contributed by atoms with van der Waals surface area (Å²) in [5.74, 6) is -1.08. The van der Waals surface area contributed by atoms with E-state index < -0.39 is 12.3 Å². The third kappa shape index (κ3) is 2.69. The monoisotopic (exact) mass is 294 g/mol. The predicted octanol–water partition coefficient (Wildman–Crippen LogP) is 2.84. The lowest BCUT2D eigenvalue weighted by Crippen LogP contribution is -2.25. The minimum Gasteiger partial charge on any atom is -0.477 e. The molecule has 0 atom stereocenters. The van der Waals surface area contributed by atoms with Crippen molar-refractivity contribution in [1.29, 1.82) is 0 Å². The smallest absolute Gasteiger partial charge is 0.477 e. The average molecular weight is 294 g/mol. The summed E-state index contributed by atoms with van der Waals surface area (Å²) in [5.41, 5.74) is 0.275. The molecule has 21 heavy (non-hydrogen) atoms. The summed E-state index contributed by atoms with van der Waals surface area (Å²) >= 11 is 0. The SMILES string of the molecule is O=C(O)c1cccc(Nc2ccc3c(c2)OC(F)(F)O3)n1. The number of ether oxygens (including phenoxy) is 2. The van der Waals surface area contributed by atoms with Crippen LogP contribution < -0.4 is 14.8 Å². The van der Waals surface area contributed by atoms with Crippen LogP contribution in [-0.2, 0) is 0 Å². The Balaban J connectivity index is 1.84. The Labute approximate surface area is 116 Å². The van der Waals surface area contributed by atoms with Gasteiger partial charge in [-0.2, -0.15) is 0 Å². The maximum atomic E-state index is 12.9. The summed E-state index contributed by atoms with van der Waals surface area (Å²) in [4.78, 5) is 14.7. The summed E-state index contributed by atoms with van der Waals surface area (Å²) < 4.78 is 34.4. The zero-order valence-electron chi connectivity index (χ0n) is 10.3. The molecule has 0 amide bonds. The van der Waals surface area contributed by atoms with Gasteiger partial charge in [-0.15, -0.1) is 8.78 Å². The van der Waals surface area contributed by atoms with Crippen molar-refractivity contribution in [3.8, 4) is 11.5 Å². The standard InChI is InChI=1S/C13H8F2N2O4/c14-13(15)20-9-5-4-7(6-10(9)21-13)16-11-3-1-2-8(17-11)12(18)19/h1-6H,(H,16,17)(H,18,19). The molecule has 2 aromatic rings. The maximum absolute atomic E-state index is 12.9. The molecule has 0 aliphatic carbocycles. The van der Waals surface area contributed by atoms with Crippen molar-refractivity contribution in [2.24, 2.45) is 0 Å². The maximum Gasteiger partial charge on any atom is 0.586 e. The minimum atomic E-state index is -3.68. The number of carboxylic acid groups (broad SMARTS) is 1. The van der Waals surface area contributed by atoms with Gasteiger partial charge in [0.15, 0.2) is 17.2 Å². The van der Waals surface area contributed by atoms with Crippen molar-refractivity contribution in [3.63, 3.8) is 0 Å². The molecule has 0 bridgehead atoms. The van der Waals surface area contributed by atoms with E-state index in [1.807, 2.05) is 0 Å². The van der Waals surface area contributed by atoms with E-state index in [9.17, 15) is 13.6 Å². The van der Waals surface area contributed by atoms with Crippen LogP contribution in [0.15, 0.2) is 36.4 Å². The number of benzene rings is 1. The molecule has 2 N–H and O–H groups in total.